The lowest BCUT2D eigenvalue weighted by atomic mass is 10.3. The maximum absolute atomic E-state index is 11.9. The molecule has 2 rings (SSSR count). The third-order valence-electron chi connectivity index (χ3n) is 2.13. The lowest BCUT2D eigenvalue weighted by Crippen LogP contribution is -2.27. The van der Waals surface area contributed by atoms with Crippen LogP contribution in [0.1, 0.15) is 12.7 Å². The van der Waals surface area contributed by atoms with Crippen LogP contribution in [0.15, 0.2) is 24.5 Å². The molecule has 1 saturated heterocycles. The van der Waals surface area contributed by atoms with Crippen molar-refractivity contribution in [3.05, 3.63) is 25.9 Å². The van der Waals surface area contributed by atoms with Crippen LogP contribution in [-0.4, -0.2) is 21.7 Å². The Balaban J connectivity index is 2.30. The van der Waals surface area contributed by atoms with Crippen LogP contribution in [0.3, 0.4) is 0 Å². The summed E-state index contributed by atoms with van der Waals surface area (Å²) in [6, 6.07) is 1.79. The maximum Gasteiger partial charge on any atom is 0.266 e. The normalized spacial score (nSPS) is 18.5. The van der Waals surface area contributed by atoms with Gasteiger partial charge >= 0.3 is 0 Å². The smallest absolute Gasteiger partial charge is 0.266 e. The van der Waals surface area contributed by atoms with Crippen LogP contribution >= 0.6 is 55.8 Å². The van der Waals surface area contributed by atoms with E-state index in [2.05, 4.69) is 31.9 Å². The number of thiocarbonyl (C=S) groups is 1. The van der Waals surface area contributed by atoms with Gasteiger partial charge < -0.3 is 4.42 Å². The van der Waals surface area contributed by atoms with Crippen molar-refractivity contribution in [3.8, 4) is 0 Å². The molecule has 0 N–H and O–H groups in total. The van der Waals surface area contributed by atoms with E-state index in [1.807, 2.05) is 6.92 Å². The average molecular weight is 397 g/mol. The van der Waals surface area contributed by atoms with E-state index in [4.69, 9.17) is 16.6 Å². The molecule has 0 bridgehead atoms. The standard InChI is InChI=1S/C10H7Br2NO2S2/c1-2-13-9(14)7(17-10(13)16)4-5-3-6(11)8(12)15-5/h3-4H,2H2,1H3/b7-4-. The van der Waals surface area contributed by atoms with Crippen LogP contribution in [0.25, 0.3) is 6.08 Å². The first-order valence-electron chi connectivity index (χ1n) is 4.73. The molecule has 0 unspecified atom stereocenters. The molecule has 0 saturated carbocycles. The minimum absolute atomic E-state index is 0.0638. The van der Waals surface area contributed by atoms with Crippen molar-refractivity contribution in [2.75, 3.05) is 6.54 Å². The number of likely N-dealkylation sites (N-methyl/N-ethyl adjacent to an activating group) is 1. The van der Waals surface area contributed by atoms with E-state index in [0.29, 0.717) is 26.2 Å². The topological polar surface area (TPSA) is 33.5 Å². The molecule has 1 fully saturated rings. The maximum atomic E-state index is 11.9. The Labute approximate surface area is 125 Å². The minimum Gasteiger partial charge on any atom is -0.449 e. The van der Waals surface area contributed by atoms with Crippen molar-refractivity contribution in [1.82, 2.24) is 4.90 Å². The van der Waals surface area contributed by atoms with Crippen LogP contribution in [0, 0.1) is 0 Å². The van der Waals surface area contributed by atoms with Crippen LogP contribution in [0.5, 0.6) is 0 Å². The highest BCUT2D eigenvalue weighted by Gasteiger charge is 2.30. The number of carbonyl (C=O) groups excluding carboxylic acids is 1. The van der Waals surface area contributed by atoms with Gasteiger partial charge in [0.15, 0.2) is 4.67 Å². The molecule has 7 heteroatoms. The van der Waals surface area contributed by atoms with Gasteiger partial charge in [0.2, 0.25) is 0 Å². The third-order valence-corrected chi connectivity index (χ3v) is 5.22. The summed E-state index contributed by atoms with van der Waals surface area (Å²) in [5.74, 6) is 0.548. The summed E-state index contributed by atoms with van der Waals surface area (Å²) in [5.41, 5.74) is 0. The predicted molar refractivity (Wildman–Crippen MR) is 79.7 cm³/mol. The summed E-state index contributed by atoms with van der Waals surface area (Å²) in [4.78, 5) is 14.1. The van der Waals surface area contributed by atoms with E-state index < -0.39 is 0 Å². The van der Waals surface area contributed by atoms with Gasteiger partial charge in [-0.25, -0.2) is 0 Å². The van der Waals surface area contributed by atoms with Crippen LogP contribution in [0.4, 0.5) is 0 Å². The predicted octanol–water partition coefficient (Wildman–Crippen LogP) is 4.03. The monoisotopic (exact) mass is 395 g/mol. The number of thioether (sulfide) groups is 1. The number of carbonyl (C=O) groups is 1. The number of amides is 1. The molecule has 1 aliphatic heterocycles. The summed E-state index contributed by atoms with van der Waals surface area (Å²) in [7, 11) is 0. The van der Waals surface area contributed by atoms with Crippen molar-refractivity contribution >= 4 is 72.1 Å². The molecular formula is C10H7Br2NO2S2. The van der Waals surface area contributed by atoms with Gasteiger partial charge in [0, 0.05) is 12.6 Å². The van der Waals surface area contributed by atoms with Crippen LogP contribution in [0.2, 0.25) is 0 Å². The molecule has 17 heavy (non-hydrogen) atoms. The first-order valence-corrected chi connectivity index (χ1v) is 7.54. The zero-order chi connectivity index (χ0) is 12.6. The van der Waals surface area contributed by atoms with E-state index in [1.165, 1.54) is 11.8 Å². The van der Waals surface area contributed by atoms with Gasteiger partial charge in [0.25, 0.3) is 5.91 Å². The van der Waals surface area contributed by atoms with Crippen LogP contribution in [-0.2, 0) is 4.79 Å². The SMILES string of the molecule is CCN1C(=O)/C(=C/c2cc(Br)c(Br)o2)SC1=S. The second-order valence-corrected chi connectivity index (χ2v) is 6.45. The van der Waals surface area contributed by atoms with Crippen molar-refractivity contribution in [2.24, 2.45) is 0 Å². The van der Waals surface area contributed by atoms with Crippen molar-refractivity contribution in [3.63, 3.8) is 0 Å². The molecule has 2 heterocycles. The Kier molecular flexibility index (Phi) is 4.12. The van der Waals surface area contributed by atoms with Crippen molar-refractivity contribution in [1.29, 1.82) is 0 Å². The highest BCUT2D eigenvalue weighted by molar-refractivity contribution is 9.13. The molecule has 1 amide bonds. The first kappa shape index (κ1) is 13.3. The van der Waals surface area contributed by atoms with Gasteiger partial charge in [-0.1, -0.05) is 24.0 Å². The first-order chi connectivity index (χ1) is 8.02. The Morgan fingerprint density at radius 1 is 1.59 bits per heavy atom. The van der Waals surface area contributed by atoms with E-state index in [-0.39, 0.29) is 5.91 Å². The molecule has 3 nitrogen and oxygen atoms in total. The van der Waals surface area contributed by atoms with E-state index in [1.54, 1.807) is 17.0 Å². The highest BCUT2D eigenvalue weighted by Crippen LogP contribution is 2.34. The molecule has 1 aromatic rings. The summed E-state index contributed by atoms with van der Waals surface area (Å²) < 4.78 is 7.41. The summed E-state index contributed by atoms with van der Waals surface area (Å²) >= 11 is 13.0. The highest BCUT2D eigenvalue weighted by atomic mass is 79.9. The Morgan fingerprint density at radius 3 is 2.76 bits per heavy atom. The summed E-state index contributed by atoms with van der Waals surface area (Å²) in [6.45, 7) is 2.49. The van der Waals surface area contributed by atoms with Gasteiger partial charge in [-0.2, -0.15) is 0 Å². The molecule has 0 spiro atoms. The summed E-state index contributed by atoms with van der Waals surface area (Å²) in [6.07, 6.45) is 1.70. The van der Waals surface area contributed by atoms with Gasteiger partial charge in [0.1, 0.15) is 10.1 Å². The number of hydrogen-bond donors (Lipinski definition) is 0. The fourth-order valence-corrected chi connectivity index (χ4v) is 3.31. The number of furan rings is 1. The van der Waals surface area contributed by atoms with E-state index in [0.717, 1.165) is 4.47 Å². The molecule has 0 atom stereocenters. The fourth-order valence-electron chi connectivity index (χ4n) is 1.34. The third kappa shape index (κ3) is 2.67. The molecule has 0 radical (unpaired) electrons. The second kappa shape index (κ2) is 5.26. The zero-order valence-corrected chi connectivity index (χ0v) is 13.5. The molecular weight excluding hydrogens is 390 g/mol. The van der Waals surface area contributed by atoms with Gasteiger partial charge in [0.05, 0.1) is 9.38 Å². The Bertz CT molecular complexity index is 505. The van der Waals surface area contributed by atoms with Gasteiger partial charge in [-0.3, -0.25) is 9.69 Å². The molecule has 1 aliphatic rings. The Hall–Kier alpha value is -0.110. The van der Waals surface area contributed by atoms with E-state index in [9.17, 15) is 4.79 Å². The second-order valence-electron chi connectivity index (χ2n) is 3.20. The number of nitrogens with zero attached hydrogens (tertiary/aromatic N) is 1. The summed E-state index contributed by atoms with van der Waals surface area (Å²) in [5, 5.41) is 0. The largest absolute Gasteiger partial charge is 0.449 e. The van der Waals surface area contributed by atoms with Gasteiger partial charge in [-0.15, -0.1) is 0 Å². The lowest BCUT2D eigenvalue weighted by Gasteiger charge is -2.09. The van der Waals surface area contributed by atoms with E-state index >= 15 is 0 Å². The van der Waals surface area contributed by atoms with Crippen LogP contribution < -0.4 is 0 Å². The van der Waals surface area contributed by atoms with Gasteiger partial charge in [-0.05, 0) is 44.8 Å². The quantitative estimate of drug-likeness (QED) is 0.558. The van der Waals surface area contributed by atoms with Crippen molar-refractivity contribution < 1.29 is 9.21 Å². The minimum atomic E-state index is -0.0638. The Morgan fingerprint density at radius 2 is 2.29 bits per heavy atom. The number of halogens is 2. The number of rotatable bonds is 2. The molecule has 1 aromatic heterocycles. The van der Waals surface area contributed by atoms with Crippen molar-refractivity contribution in [2.45, 2.75) is 6.92 Å². The average Bonchev–Trinajstić information content (AvgIpc) is 2.70. The molecule has 0 aromatic carbocycles. The number of hydrogen-bond acceptors (Lipinski definition) is 4. The molecule has 0 aliphatic carbocycles. The zero-order valence-electron chi connectivity index (χ0n) is 8.70. The molecule has 90 valence electrons. The fraction of sp³-hybridized carbons (Fsp3) is 0.200. The lowest BCUT2D eigenvalue weighted by molar-refractivity contribution is -0.121.